The maximum Gasteiger partial charge on any atom is 0.137 e. The predicted molar refractivity (Wildman–Crippen MR) is 256 cm³/mol. The molecule has 8 aromatic carbocycles. The topological polar surface area (TPSA) is 16.4 Å². The summed E-state index contributed by atoms with van der Waals surface area (Å²) in [4.78, 5) is 0.195. The molecular formula is C59H43NO. The van der Waals surface area contributed by atoms with Crippen molar-refractivity contribution in [1.29, 1.82) is 0 Å². The molecule has 2 atom stereocenters. The molecule has 0 fully saturated rings. The van der Waals surface area contributed by atoms with Crippen LogP contribution in [0.5, 0.6) is 0 Å². The van der Waals surface area contributed by atoms with Gasteiger partial charge in [-0.2, -0.15) is 0 Å². The van der Waals surface area contributed by atoms with Gasteiger partial charge in [0.05, 0.1) is 48.0 Å². The van der Waals surface area contributed by atoms with E-state index in [0.717, 1.165) is 0 Å². The van der Waals surface area contributed by atoms with Gasteiger partial charge in [0, 0.05) is 59.5 Å². The highest BCUT2D eigenvalue weighted by atomic mass is 16.3. The maximum absolute atomic E-state index is 10.3. The third kappa shape index (κ3) is 5.78. The summed E-state index contributed by atoms with van der Waals surface area (Å²) in [5.74, 6) is -5.14. The van der Waals surface area contributed by atoms with Crippen LogP contribution in [0.4, 0.5) is 17.1 Å². The first-order chi connectivity index (χ1) is 47.1. The van der Waals surface area contributed by atoms with Gasteiger partial charge in [-0.05, 0) is 127 Å². The summed E-state index contributed by atoms with van der Waals surface area (Å²) in [5.41, 5.74) is -20.4. The summed E-state index contributed by atoms with van der Waals surface area (Å²) in [5, 5.41) is -2.66. The Morgan fingerprint density at radius 1 is 0.508 bits per heavy atom. The number of rotatable bonds is 6. The number of nitrogens with zero attached hydrogens (tertiary/aromatic N) is 1. The van der Waals surface area contributed by atoms with Crippen LogP contribution in [-0.4, -0.2) is 0 Å². The molecule has 0 amide bonds. The van der Waals surface area contributed by atoms with E-state index in [1.807, 2.05) is 0 Å². The van der Waals surface area contributed by atoms with E-state index < -0.39 is 348 Å². The number of benzene rings is 8. The first-order valence-electron chi connectivity index (χ1n) is 38.6. The van der Waals surface area contributed by atoms with Gasteiger partial charge < -0.3 is 9.32 Å². The molecule has 2 heteroatoms. The molecule has 0 spiro atoms. The predicted octanol–water partition coefficient (Wildman–Crippen LogP) is 16.1. The largest absolute Gasteiger partial charge is 0.460 e. The normalized spacial score (nSPS) is 27.5. The van der Waals surface area contributed by atoms with Crippen molar-refractivity contribution < 1.29 is 60.6 Å². The lowest BCUT2D eigenvalue weighted by Gasteiger charge is -2.30. The molecule has 0 saturated carbocycles. The highest BCUT2D eigenvalue weighted by Crippen LogP contribution is 2.53. The Bertz CT molecular complexity index is 5410. The summed E-state index contributed by atoms with van der Waals surface area (Å²) in [6.45, 7) is -8.17. The molecule has 12 rings (SSSR count). The molecule has 9 aromatic rings. The van der Waals surface area contributed by atoms with Crippen molar-refractivity contribution in [2.24, 2.45) is 5.92 Å². The molecule has 0 radical (unpaired) electrons. The quantitative estimate of drug-likeness (QED) is 0.166. The Hall–Kier alpha value is -7.42. The molecule has 290 valence electrons. The van der Waals surface area contributed by atoms with Crippen molar-refractivity contribution in [1.82, 2.24) is 0 Å². The van der Waals surface area contributed by atoms with Gasteiger partial charge in [-0.25, -0.2) is 0 Å². The number of fused-ring (bicyclic) bond motifs is 9. The number of furan rings is 1. The van der Waals surface area contributed by atoms with E-state index in [1.165, 1.54) is 0 Å². The monoisotopic (exact) mass is 823 g/mol. The summed E-state index contributed by atoms with van der Waals surface area (Å²) < 4.78 is 384. The summed E-state index contributed by atoms with van der Waals surface area (Å²) in [6.07, 6.45) is 0. The molecule has 2 unspecified atom stereocenters. The Labute approximate surface area is 414 Å². The molecule has 0 N–H and O–H groups in total. The van der Waals surface area contributed by atoms with E-state index in [9.17, 15) is 20.6 Å². The lowest BCUT2D eigenvalue weighted by atomic mass is 9.73. The smallest absolute Gasteiger partial charge is 0.137 e. The molecule has 2 nitrogen and oxygen atoms in total. The van der Waals surface area contributed by atoms with Crippen molar-refractivity contribution in [2.45, 2.75) is 25.0 Å². The zero-order valence-electron chi connectivity index (χ0n) is 71.5. The van der Waals surface area contributed by atoms with E-state index in [4.69, 9.17) is 40.1 Å². The van der Waals surface area contributed by atoms with E-state index in [0.29, 0.717) is 0 Å². The zero-order chi connectivity index (χ0) is 76.1. The highest BCUT2D eigenvalue weighted by molar-refractivity contribution is 6.01. The average Bonchev–Trinajstić information content (AvgIpc) is 1.48. The van der Waals surface area contributed by atoms with Crippen LogP contribution in [-0.2, 0) is 5.41 Å². The third-order valence-electron chi connectivity index (χ3n) is 10.1. The van der Waals surface area contributed by atoms with Crippen LogP contribution in [0.1, 0.15) is 104 Å². The van der Waals surface area contributed by atoms with Gasteiger partial charge in [-0.15, -0.1) is 0 Å². The SMILES string of the molecule is [2H]C1=C([2H])C2C(c3c([2H])c(-c4c([2H])c([2H])c([2H])c([2H])c4[2H])c([2H])c(-c4c([2H])c([2H])c([2H])c([2H])c4[2H])c3[2H])=C([2H])c3c(oc4c([2H])c(N(c5c([2H])c([2H])c6c(c5[2H])C(C([2H])([2H])[2H])(C([2H])([2H])[2H])c5c([2H])c([2H])c([2H])c([2H])c5-6)c5c([2H])c([2H])c6c([2H])c([2H])c([2H])c([2H])c6c5[2H])c([2H])c([2H])c34)C2C([2H])=C1[2H]. The standard InChI is InChI=1S/C59H43NO/c1-59(2)55-24-14-13-22-49(55)50-29-27-46(35-56(50)59)60(45-26-25-40-19-9-10-20-41(40)34-45)47-28-30-51-54-37-53(48-21-11-12-23-52(48)58(54)61-57(51)36-47)44-32-42(38-15-5-3-6-16-38)31-43(33-44)39-17-7-4-8-18-39/h3-37,48,52H,1-2H3/i1D3,2D3,3D,4D,5D,6D,7D,8D,9D,10D,11D,12D,13D,14D,15D,16D,17D,18D,19D,20D,21D,22D,23D,24D,25D,26D,27D,28D,29D,30D,31D,32D,33D,34D,35D,36D,37D. The molecule has 1 aromatic heterocycles. The second kappa shape index (κ2) is 13.8. The van der Waals surface area contributed by atoms with Gasteiger partial charge >= 0.3 is 0 Å². The average molecular weight is 823 g/mol. The van der Waals surface area contributed by atoms with E-state index in [1.54, 1.807) is 0 Å². The molecule has 0 aliphatic heterocycles. The van der Waals surface area contributed by atoms with Crippen molar-refractivity contribution in [3.8, 4) is 33.4 Å². The minimum atomic E-state index is -4.09. The zero-order valence-corrected chi connectivity index (χ0v) is 30.5. The molecule has 61 heavy (non-hydrogen) atoms. The Morgan fingerprint density at radius 3 is 1.89 bits per heavy atom. The van der Waals surface area contributed by atoms with E-state index in [-0.39, 0.29) is 4.90 Å². The van der Waals surface area contributed by atoms with Gasteiger partial charge in [0.15, 0.2) is 0 Å². The second-order valence-corrected chi connectivity index (χ2v) is 13.6. The van der Waals surface area contributed by atoms with Crippen LogP contribution in [0.15, 0.2) is 210 Å². The van der Waals surface area contributed by atoms with E-state index >= 15 is 0 Å². The van der Waals surface area contributed by atoms with Gasteiger partial charge in [0.2, 0.25) is 0 Å². The molecular weight excluding hydrogens is 739 g/mol. The summed E-state index contributed by atoms with van der Waals surface area (Å²) >= 11 is 0. The van der Waals surface area contributed by atoms with Crippen molar-refractivity contribution >= 4 is 50.4 Å². The fraction of sp³-hybridized carbons (Fsp3) is 0.0847. The molecule has 3 aliphatic carbocycles. The van der Waals surface area contributed by atoms with Crippen LogP contribution in [0.25, 0.3) is 66.7 Å². The number of allylic oxidation sites excluding steroid dienone is 5. The summed E-state index contributed by atoms with van der Waals surface area (Å²) in [6, 6.07) is -40.9. The van der Waals surface area contributed by atoms with Crippen molar-refractivity contribution in [3.63, 3.8) is 0 Å². The lowest BCUT2D eigenvalue weighted by molar-refractivity contribution is 0.496. The second-order valence-electron chi connectivity index (χ2n) is 13.6. The number of hydrogen-bond acceptors (Lipinski definition) is 2. The first-order valence-corrected chi connectivity index (χ1v) is 18.1. The third-order valence-corrected chi connectivity index (χ3v) is 10.1. The van der Waals surface area contributed by atoms with Gasteiger partial charge in [0.1, 0.15) is 11.3 Å². The van der Waals surface area contributed by atoms with Crippen molar-refractivity contribution in [3.05, 3.63) is 233 Å². The van der Waals surface area contributed by atoms with Crippen LogP contribution < -0.4 is 4.90 Å². The number of anilines is 3. The molecule has 0 saturated heterocycles. The highest BCUT2D eigenvalue weighted by Gasteiger charge is 2.37. The van der Waals surface area contributed by atoms with Crippen molar-refractivity contribution in [2.75, 3.05) is 4.90 Å². The van der Waals surface area contributed by atoms with Gasteiger partial charge in [-0.1, -0.05) is 159 Å². The Morgan fingerprint density at radius 2 is 1.11 bits per heavy atom. The fourth-order valence-electron chi connectivity index (χ4n) is 7.36. The number of hydrogen-bond donors (Lipinski definition) is 0. The fourth-order valence-corrected chi connectivity index (χ4v) is 7.36. The minimum absolute atomic E-state index is 0.195. The van der Waals surface area contributed by atoms with E-state index in [2.05, 4.69) is 0 Å². The first kappa shape index (κ1) is 13.3. The maximum atomic E-state index is 10.3. The molecule has 0 bridgehead atoms. The lowest BCUT2D eigenvalue weighted by Crippen LogP contribution is -2.17. The van der Waals surface area contributed by atoms with Crippen LogP contribution in [0.3, 0.4) is 0 Å². The van der Waals surface area contributed by atoms with Crippen LogP contribution >= 0.6 is 0 Å². The molecule has 1 heterocycles. The minimum Gasteiger partial charge on any atom is -0.460 e. The van der Waals surface area contributed by atoms with Gasteiger partial charge in [-0.3, -0.25) is 0 Å². The Kier molecular flexibility index (Phi) is 3.01. The van der Waals surface area contributed by atoms with Gasteiger partial charge in [0.25, 0.3) is 0 Å². The van der Waals surface area contributed by atoms with Crippen LogP contribution in [0.2, 0.25) is 0 Å². The summed E-state index contributed by atoms with van der Waals surface area (Å²) in [7, 11) is 0. The Balaban J connectivity index is 1.29. The van der Waals surface area contributed by atoms with Crippen LogP contribution in [0, 0.1) is 5.92 Å². The molecule has 3 aliphatic rings.